The number of ether oxygens (including phenoxy) is 5. The number of benzene rings is 5. The average Bonchev–Trinajstić information content (AvgIpc) is 3.44. The van der Waals surface area contributed by atoms with E-state index in [1.165, 1.54) is 14.2 Å². The van der Waals surface area contributed by atoms with Crippen LogP contribution in [0.5, 0.6) is 23.0 Å². The topological polar surface area (TPSA) is 162 Å². The van der Waals surface area contributed by atoms with Gasteiger partial charge in [-0.25, -0.2) is 0 Å². The predicted octanol–water partition coefficient (Wildman–Crippen LogP) is 7.19. The van der Waals surface area contributed by atoms with Crippen molar-refractivity contribution in [1.29, 1.82) is 0 Å². The molecule has 0 aromatic heterocycles. The Morgan fingerprint density at radius 3 is 1.80 bits per heavy atom. The number of carbonyl (C=O) groups excluding carboxylic acids is 4. The van der Waals surface area contributed by atoms with Crippen molar-refractivity contribution in [3.05, 3.63) is 136 Å². The zero-order valence-electron chi connectivity index (χ0n) is 37.3. The van der Waals surface area contributed by atoms with Gasteiger partial charge < -0.3 is 44.5 Å². The fourth-order valence-electron chi connectivity index (χ4n) is 9.03. The first kappa shape index (κ1) is 43.4. The van der Waals surface area contributed by atoms with Crippen molar-refractivity contribution in [2.24, 2.45) is 0 Å². The summed E-state index contributed by atoms with van der Waals surface area (Å²) in [6.07, 6.45) is 0.815. The van der Waals surface area contributed by atoms with Crippen molar-refractivity contribution in [1.82, 2.24) is 9.80 Å². The molecule has 14 nitrogen and oxygen atoms in total. The van der Waals surface area contributed by atoms with Crippen molar-refractivity contribution in [3.63, 3.8) is 0 Å². The van der Waals surface area contributed by atoms with Crippen LogP contribution in [0.1, 0.15) is 54.1 Å². The van der Waals surface area contributed by atoms with Crippen LogP contribution < -0.4 is 34.9 Å². The monoisotopic (exact) mass is 895 g/mol. The van der Waals surface area contributed by atoms with E-state index in [1.807, 2.05) is 54.6 Å². The molecule has 4 amide bonds. The van der Waals surface area contributed by atoms with Gasteiger partial charge in [0, 0.05) is 58.4 Å². The summed E-state index contributed by atoms with van der Waals surface area (Å²) in [7, 11) is 1.58. The molecule has 15 heteroatoms. The summed E-state index contributed by atoms with van der Waals surface area (Å²) in [6.45, 7) is 8.04. The standard InChI is InChI=1S/C50H53N5O9Si/c1-60-43-21-37-39(52-47(56)41-19-32-10-6-8-12-34(32)25-53(41)48(37)57)23-45(43)63-27-30-16-31(18-36(51)17-30)28-64-46-24-40-38(22-44(46)61-2)49(58)54-26-35-13-9-7-11-33(35)20-42(54)50(59)55(40)29-62-14-15-65(3,4)5/h6-13,16-18,21-24,41-42H,14-15,19-20,25-29,51H2,1-5H3,(H,52,56)/t41-,42-/m0/s1. The van der Waals surface area contributed by atoms with Crippen molar-refractivity contribution < 1.29 is 42.9 Å². The molecule has 5 aromatic carbocycles. The summed E-state index contributed by atoms with van der Waals surface area (Å²) in [4.78, 5) is 61.3. The molecule has 0 fully saturated rings. The third-order valence-electron chi connectivity index (χ3n) is 12.5. The third kappa shape index (κ3) is 8.73. The maximum Gasteiger partial charge on any atom is 0.257 e. The zero-order valence-corrected chi connectivity index (χ0v) is 38.3. The Morgan fingerprint density at radius 1 is 0.662 bits per heavy atom. The van der Waals surface area contributed by atoms with Gasteiger partial charge >= 0.3 is 0 Å². The fourth-order valence-corrected chi connectivity index (χ4v) is 9.78. The van der Waals surface area contributed by atoms with Gasteiger partial charge in [0.1, 0.15) is 32.0 Å². The van der Waals surface area contributed by atoms with Gasteiger partial charge in [-0.1, -0.05) is 68.2 Å². The van der Waals surface area contributed by atoms with Gasteiger partial charge in [-0.3, -0.25) is 24.1 Å². The number of nitrogens with one attached hydrogen (secondary N) is 1. The maximum absolute atomic E-state index is 14.5. The molecular formula is C50H53N5O9Si. The van der Waals surface area contributed by atoms with Crippen LogP contribution >= 0.6 is 0 Å². The molecule has 0 radical (unpaired) electrons. The number of amides is 4. The number of nitrogen functional groups attached to an aromatic ring is 1. The third-order valence-corrected chi connectivity index (χ3v) is 14.3. The van der Waals surface area contributed by atoms with E-state index in [1.54, 1.807) is 51.1 Å². The number of nitrogens with two attached hydrogens (primary N) is 1. The number of nitrogens with zero attached hydrogens (tertiary/aromatic N) is 3. The second-order valence-corrected chi connectivity index (χ2v) is 23.8. The van der Waals surface area contributed by atoms with E-state index in [4.69, 9.17) is 29.4 Å². The maximum atomic E-state index is 14.5. The minimum atomic E-state index is -1.42. The molecule has 0 bridgehead atoms. The molecule has 65 heavy (non-hydrogen) atoms. The van der Waals surface area contributed by atoms with Crippen molar-refractivity contribution >= 4 is 48.8 Å². The van der Waals surface area contributed by atoms with Crippen LogP contribution in [0.25, 0.3) is 0 Å². The molecule has 0 saturated heterocycles. The van der Waals surface area contributed by atoms with Gasteiger partial charge in [0.25, 0.3) is 17.7 Å². The van der Waals surface area contributed by atoms with E-state index in [9.17, 15) is 19.2 Å². The van der Waals surface area contributed by atoms with Crippen LogP contribution in [0.3, 0.4) is 0 Å². The molecule has 0 unspecified atom stereocenters. The normalized spacial score (nSPS) is 17.6. The molecule has 5 aromatic rings. The first-order valence-electron chi connectivity index (χ1n) is 21.8. The highest BCUT2D eigenvalue weighted by Gasteiger charge is 2.43. The molecule has 0 aliphatic carbocycles. The zero-order chi connectivity index (χ0) is 45.6. The first-order valence-corrected chi connectivity index (χ1v) is 25.5. The quantitative estimate of drug-likeness (QED) is 0.0703. The van der Waals surface area contributed by atoms with Crippen LogP contribution in [0.2, 0.25) is 25.7 Å². The Kier molecular flexibility index (Phi) is 11.8. The smallest absolute Gasteiger partial charge is 0.257 e. The SMILES string of the molecule is COc1cc2c(cc1OCc1cc(N)cc(COc3cc4c(cc3OC)C(=O)N3Cc5ccccc5C[C@H]3C(=O)N4COCC[Si](C)(C)C)c1)NC(=O)[C@@H]1Cc3ccccc3CN1C2=O. The molecule has 4 heterocycles. The van der Waals surface area contributed by atoms with E-state index in [2.05, 4.69) is 25.0 Å². The lowest BCUT2D eigenvalue weighted by molar-refractivity contribution is -0.124. The lowest BCUT2D eigenvalue weighted by Gasteiger charge is -2.35. The molecule has 336 valence electrons. The van der Waals surface area contributed by atoms with Crippen LogP contribution in [0.4, 0.5) is 17.1 Å². The molecule has 0 spiro atoms. The lowest BCUT2D eigenvalue weighted by Crippen LogP contribution is -2.51. The van der Waals surface area contributed by atoms with Gasteiger partial charge in [-0.15, -0.1) is 0 Å². The number of hydrogen-bond donors (Lipinski definition) is 2. The average molecular weight is 896 g/mol. The molecule has 2 atom stereocenters. The molecule has 3 N–H and O–H groups in total. The van der Waals surface area contributed by atoms with Crippen LogP contribution in [-0.2, 0) is 53.5 Å². The fraction of sp³-hybridized carbons (Fsp3) is 0.320. The Labute approximate surface area is 379 Å². The van der Waals surface area contributed by atoms with Crippen LogP contribution in [-0.4, -0.2) is 81.1 Å². The van der Waals surface area contributed by atoms with Crippen molar-refractivity contribution in [2.45, 2.75) is 76.9 Å². The van der Waals surface area contributed by atoms with E-state index < -0.39 is 20.2 Å². The van der Waals surface area contributed by atoms with E-state index >= 15 is 0 Å². The van der Waals surface area contributed by atoms with Gasteiger partial charge in [-0.2, -0.15) is 0 Å². The predicted molar refractivity (Wildman–Crippen MR) is 248 cm³/mol. The summed E-state index contributed by atoms with van der Waals surface area (Å²) in [5.41, 5.74) is 13.8. The lowest BCUT2D eigenvalue weighted by atomic mass is 9.93. The minimum absolute atomic E-state index is 0.0225. The Morgan fingerprint density at radius 2 is 1.20 bits per heavy atom. The highest BCUT2D eigenvalue weighted by atomic mass is 28.3. The highest BCUT2D eigenvalue weighted by molar-refractivity contribution is 6.76. The van der Waals surface area contributed by atoms with Crippen LogP contribution in [0.15, 0.2) is 91.0 Å². The number of methoxy groups -OCH3 is 2. The van der Waals surface area contributed by atoms with Gasteiger partial charge in [0.2, 0.25) is 5.91 Å². The van der Waals surface area contributed by atoms with Gasteiger partial charge in [0.15, 0.2) is 23.0 Å². The second kappa shape index (κ2) is 17.6. The van der Waals surface area contributed by atoms with E-state index in [0.717, 1.165) is 39.4 Å². The second-order valence-electron chi connectivity index (χ2n) is 18.2. The van der Waals surface area contributed by atoms with E-state index in [-0.39, 0.29) is 43.6 Å². The van der Waals surface area contributed by atoms with Gasteiger partial charge in [-0.05, 0) is 69.8 Å². The number of hydrogen-bond acceptors (Lipinski definition) is 10. The van der Waals surface area contributed by atoms with E-state index in [0.29, 0.717) is 83.7 Å². The molecular weight excluding hydrogens is 843 g/mol. The summed E-state index contributed by atoms with van der Waals surface area (Å²) in [5, 5.41) is 2.97. The van der Waals surface area contributed by atoms with Gasteiger partial charge in [0.05, 0.1) is 36.7 Å². The summed E-state index contributed by atoms with van der Waals surface area (Å²) in [6, 6.07) is 27.3. The summed E-state index contributed by atoms with van der Waals surface area (Å²) < 4.78 is 30.4. The summed E-state index contributed by atoms with van der Waals surface area (Å²) >= 11 is 0. The Balaban J connectivity index is 0.948. The molecule has 9 rings (SSSR count). The molecule has 0 saturated carbocycles. The molecule has 4 aliphatic rings. The largest absolute Gasteiger partial charge is 0.493 e. The minimum Gasteiger partial charge on any atom is -0.493 e. The number of rotatable bonds is 13. The number of carbonyl (C=O) groups is 4. The Hall–Kier alpha value is -6.84. The van der Waals surface area contributed by atoms with Crippen molar-refractivity contribution in [3.8, 4) is 23.0 Å². The number of fused-ring (bicyclic) bond motifs is 6. The molecule has 4 aliphatic heterocycles. The van der Waals surface area contributed by atoms with Crippen molar-refractivity contribution in [2.75, 3.05) is 43.5 Å². The highest BCUT2D eigenvalue weighted by Crippen LogP contribution is 2.42. The van der Waals surface area contributed by atoms with Crippen LogP contribution in [0, 0.1) is 0 Å². The summed E-state index contributed by atoms with van der Waals surface area (Å²) in [5.74, 6) is 0.277. The number of anilines is 3. The Bertz CT molecular complexity index is 2720. The first-order chi connectivity index (χ1) is 31.3.